The van der Waals surface area contributed by atoms with Crippen LogP contribution in [0.15, 0.2) is 0 Å². The Bertz CT molecular complexity index is 150. The molecular formula is C10H21NO3. The van der Waals surface area contributed by atoms with Crippen molar-refractivity contribution in [3.05, 3.63) is 0 Å². The summed E-state index contributed by atoms with van der Waals surface area (Å²) in [4.78, 5) is 10.3. The molecule has 0 heterocycles. The van der Waals surface area contributed by atoms with Crippen molar-refractivity contribution in [3.63, 3.8) is 0 Å². The number of hydrogen-bond acceptors (Lipinski definition) is 3. The van der Waals surface area contributed by atoms with Gasteiger partial charge in [0.05, 0.1) is 6.42 Å². The van der Waals surface area contributed by atoms with Crippen LogP contribution < -0.4 is 5.32 Å². The van der Waals surface area contributed by atoms with E-state index >= 15 is 0 Å². The lowest BCUT2D eigenvalue weighted by Crippen LogP contribution is -2.29. The van der Waals surface area contributed by atoms with Crippen LogP contribution in [0.2, 0.25) is 0 Å². The average molecular weight is 203 g/mol. The lowest BCUT2D eigenvalue weighted by atomic mass is 10.2. The highest BCUT2D eigenvalue weighted by molar-refractivity contribution is 5.67. The molecule has 2 N–H and O–H groups in total. The zero-order valence-electron chi connectivity index (χ0n) is 9.08. The number of unbranched alkanes of at least 4 members (excludes halogenated alkanes) is 2. The first kappa shape index (κ1) is 13.4. The number of hydrogen-bond donors (Lipinski definition) is 2. The molecule has 0 saturated heterocycles. The fourth-order valence-corrected chi connectivity index (χ4v) is 1.23. The van der Waals surface area contributed by atoms with Gasteiger partial charge in [0.1, 0.15) is 0 Å². The molecule has 0 aromatic carbocycles. The molecule has 0 aliphatic rings. The van der Waals surface area contributed by atoms with Gasteiger partial charge in [-0.05, 0) is 32.7 Å². The van der Waals surface area contributed by atoms with E-state index < -0.39 is 5.97 Å². The van der Waals surface area contributed by atoms with Crippen LogP contribution in [0, 0.1) is 0 Å². The van der Waals surface area contributed by atoms with Gasteiger partial charge in [-0.1, -0.05) is 0 Å². The molecule has 4 heteroatoms. The SMILES string of the molecule is COCCCCCNC(C)CC(=O)O. The minimum Gasteiger partial charge on any atom is -0.481 e. The Hall–Kier alpha value is -0.610. The van der Waals surface area contributed by atoms with E-state index in [4.69, 9.17) is 9.84 Å². The average Bonchev–Trinajstić information content (AvgIpc) is 2.10. The van der Waals surface area contributed by atoms with Gasteiger partial charge in [0.25, 0.3) is 0 Å². The highest BCUT2D eigenvalue weighted by Crippen LogP contribution is 1.96. The van der Waals surface area contributed by atoms with E-state index in [1.54, 1.807) is 7.11 Å². The van der Waals surface area contributed by atoms with Crippen LogP contribution in [-0.4, -0.2) is 37.4 Å². The Kier molecular flexibility index (Phi) is 8.57. The minimum absolute atomic E-state index is 0.0647. The molecule has 0 fully saturated rings. The van der Waals surface area contributed by atoms with Crippen molar-refractivity contribution < 1.29 is 14.6 Å². The summed E-state index contributed by atoms with van der Waals surface area (Å²) in [5, 5.41) is 11.7. The maximum absolute atomic E-state index is 10.3. The minimum atomic E-state index is -0.746. The Balaban J connectivity index is 3.14. The Morgan fingerprint density at radius 1 is 1.43 bits per heavy atom. The van der Waals surface area contributed by atoms with E-state index in [0.717, 1.165) is 32.4 Å². The maximum atomic E-state index is 10.3. The summed E-state index contributed by atoms with van der Waals surface area (Å²) in [6.07, 6.45) is 3.47. The van der Waals surface area contributed by atoms with Crippen molar-refractivity contribution in [2.45, 2.75) is 38.6 Å². The number of carboxylic acid groups (broad SMARTS) is 1. The van der Waals surface area contributed by atoms with Gasteiger partial charge in [-0.2, -0.15) is 0 Å². The predicted octanol–water partition coefficient (Wildman–Crippen LogP) is 1.26. The molecule has 1 unspecified atom stereocenters. The van der Waals surface area contributed by atoms with Gasteiger partial charge in [0, 0.05) is 19.8 Å². The Morgan fingerprint density at radius 2 is 2.14 bits per heavy atom. The first-order chi connectivity index (χ1) is 6.66. The largest absolute Gasteiger partial charge is 0.481 e. The second-order valence-corrected chi connectivity index (χ2v) is 3.51. The molecule has 0 aliphatic carbocycles. The van der Waals surface area contributed by atoms with Crippen molar-refractivity contribution in [1.82, 2.24) is 5.32 Å². The van der Waals surface area contributed by atoms with Crippen LogP contribution in [-0.2, 0) is 9.53 Å². The van der Waals surface area contributed by atoms with Crippen molar-refractivity contribution >= 4 is 5.97 Å². The molecule has 0 saturated carbocycles. The van der Waals surface area contributed by atoms with E-state index in [0.29, 0.717) is 0 Å². The van der Waals surface area contributed by atoms with Crippen LogP contribution in [0.3, 0.4) is 0 Å². The van der Waals surface area contributed by atoms with Crippen LogP contribution >= 0.6 is 0 Å². The summed E-state index contributed by atoms with van der Waals surface area (Å²) >= 11 is 0. The number of rotatable bonds is 9. The molecule has 14 heavy (non-hydrogen) atoms. The molecule has 0 aliphatic heterocycles. The van der Waals surface area contributed by atoms with Crippen LogP contribution in [0.4, 0.5) is 0 Å². The van der Waals surface area contributed by atoms with E-state index in [1.165, 1.54) is 0 Å². The predicted molar refractivity (Wildman–Crippen MR) is 55.4 cm³/mol. The molecule has 0 amide bonds. The molecule has 4 nitrogen and oxygen atoms in total. The van der Waals surface area contributed by atoms with Crippen molar-refractivity contribution in [1.29, 1.82) is 0 Å². The highest BCUT2D eigenvalue weighted by atomic mass is 16.5. The monoisotopic (exact) mass is 203 g/mol. The molecule has 0 aromatic rings. The third-order valence-electron chi connectivity index (χ3n) is 2.00. The van der Waals surface area contributed by atoms with Crippen LogP contribution in [0.1, 0.15) is 32.6 Å². The van der Waals surface area contributed by atoms with E-state index in [1.807, 2.05) is 6.92 Å². The Labute approximate surface area is 85.6 Å². The number of ether oxygens (including phenoxy) is 1. The van der Waals surface area contributed by atoms with Crippen molar-refractivity contribution in [3.8, 4) is 0 Å². The van der Waals surface area contributed by atoms with Crippen LogP contribution in [0.5, 0.6) is 0 Å². The van der Waals surface area contributed by atoms with Gasteiger partial charge in [0.15, 0.2) is 0 Å². The molecule has 84 valence electrons. The van der Waals surface area contributed by atoms with Gasteiger partial charge in [-0.3, -0.25) is 4.79 Å². The summed E-state index contributed by atoms with van der Waals surface area (Å²) < 4.78 is 4.92. The highest BCUT2D eigenvalue weighted by Gasteiger charge is 2.05. The second-order valence-electron chi connectivity index (χ2n) is 3.51. The molecule has 0 bridgehead atoms. The normalized spacial score (nSPS) is 12.7. The summed E-state index contributed by atoms with van der Waals surface area (Å²) in [6, 6.07) is 0.0647. The smallest absolute Gasteiger partial charge is 0.304 e. The standard InChI is InChI=1S/C10H21NO3/c1-9(8-10(12)13)11-6-4-3-5-7-14-2/h9,11H,3-8H2,1-2H3,(H,12,13). The second kappa shape index (κ2) is 8.97. The molecule has 0 spiro atoms. The molecule has 0 rings (SSSR count). The third-order valence-corrected chi connectivity index (χ3v) is 2.00. The summed E-state index contributed by atoms with van der Waals surface area (Å²) in [5.41, 5.74) is 0. The Morgan fingerprint density at radius 3 is 2.71 bits per heavy atom. The molecular weight excluding hydrogens is 182 g/mol. The summed E-state index contributed by atoms with van der Waals surface area (Å²) in [7, 11) is 1.70. The first-order valence-corrected chi connectivity index (χ1v) is 5.11. The van der Waals surface area contributed by atoms with E-state index in [-0.39, 0.29) is 12.5 Å². The quantitative estimate of drug-likeness (QED) is 0.554. The summed E-state index contributed by atoms with van der Waals surface area (Å²) in [5.74, 6) is -0.746. The summed E-state index contributed by atoms with van der Waals surface area (Å²) in [6.45, 7) is 3.59. The van der Waals surface area contributed by atoms with Gasteiger partial charge < -0.3 is 15.2 Å². The van der Waals surface area contributed by atoms with Crippen LogP contribution in [0.25, 0.3) is 0 Å². The van der Waals surface area contributed by atoms with Crippen molar-refractivity contribution in [2.24, 2.45) is 0 Å². The van der Waals surface area contributed by atoms with Gasteiger partial charge in [0.2, 0.25) is 0 Å². The topological polar surface area (TPSA) is 58.6 Å². The molecule has 1 atom stereocenters. The van der Waals surface area contributed by atoms with E-state index in [2.05, 4.69) is 5.32 Å². The fourth-order valence-electron chi connectivity index (χ4n) is 1.23. The van der Waals surface area contributed by atoms with Crippen molar-refractivity contribution in [2.75, 3.05) is 20.3 Å². The molecule has 0 aromatic heterocycles. The number of aliphatic carboxylic acids is 1. The number of carboxylic acids is 1. The number of methoxy groups -OCH3 is 1. The van der Waals surface area contributed by atoms with Gasteiger partial charge in [-0.25, -0.2) is 0 Å². The number of carbonyl (C=O) groups is 1. The fraction of sp³-hybridized carbons (Fsp3) is 0.900. The lowest BCUT2D eigenvalue weighted by Gasteiger charge is -2.10. The lowest BCUT2D eigenvalue weighted by molar-refractivity contribution is -0.137. The van der Waals surface area contributed by atoms with E-state index in [9.17, 15) is 4.79 Å². The zero-order chi connectivity index (χ0) is 10.8. The maximum Gasteiger partial charge on any atom is 0.304 e. The van der Waals surface area contributed by atoms with Gasteiger partial charge in [-0.15, -0.1) is 0 Å². The number of nitrogens with one attached hydrogen (secondary N) is 1. The third kappa shape index (κ3) is 9.48. The molecule has 0 radical (unpaired) electrons. The first-order valence-electron chi connectivity index (χ1n) is 5.11. The zero-order valence-corrected chi connectivity index (χ0v) is 9.08. The van der Waals surface area contributed by atoms with Gasteiger partial charge >= 0.3 is 5.97 Å².